The molecule has 3 rings (SSSR count). The van der Waals surface area contributed by atoms with E-state index in [-0.39, 0.29) is 0 Å². The molecule has 1 heterocycles. The minimum atomic E-state index is 1.08. The van der Waals surface area contributed by atoms with Crippen molar-refractivity contribution >= 4 is 10.9 Å². The first-order valence-electron chi connectivity index (χ1n) is 5.33. The van der Waals surface area contributed by atoms with Gasteiger partial charge < -0.3 is 0 Å². The molecule has 0 atom stereocenters. The molecule has 1 N–H and O–H groups in total. The van der Waals surface area contributed by atoms with Crippen LogP contribution in [0.3, 0.4) is 0 Å². The summed E-state index contributed by atoms with van der Waals surface area (Å²) in [7, 11) is 0. The zero-order valence-corrected chi connectivity index (χ0v) is 9.07. The Morgan fingerprint density at radius 3 is 2.75 bits per heavy atom. The fourth-order valence-corrected chi connectivity index (χ4v) is 1.95. The van der Waals surface area contributed by atoms with Crippen molar-refractivity contribution in [3.8, 4) is 11.1 Å². The van der Waals surface area contributed by atoms with Crippen LogP contribution in [0.5, 0.6) is 0 Å². The number of hydrogen-bond acceptors (Lipinski definition) is 1. The smallest absolute Gasteiger partial charge is 0.0650 e. The molecule has 0 aliphatic carbocycles. The van der Waals surface area contributed by atoms with Crippen molar-refractivity contribution in [1.29, 1.82) is 0 Å². The third-order valence-electron chi connectivity index (χ3n) is 2.79. The van der Waals surface area contributed by atoms with Crippen LogP contribution in [-0.4, -0.2) is 10.2 Å². The van der Waals surface area contributed by atoms with Crippen molar-refractivity contribution in [2.45, 2.75) is 6.92 Å². The van der Waals surface area contributed by atoms with E-state index >= 15 is 0 Å². The Labute approximate surface area is 93.9 Å². The number of aromatic nitrogens is 2. The highest BCUT2D eigenvalue weighted by molar-refractivity contribution is 5.84. The number of rotatable bonds is 1. The zero-order valence-electron chi connectivity index (χ0n) is 9.07. The van der Waals surface area contributed by atoms with Crippen molar-refractivity contribution in [2.24, 2.45) is 0 Å². The normalized spacial score (nSPS) is 10.8. The van der Waals surface area contributed by atoms with Gasteiger partial charge in [-0.2, -0.15) is 5.10 Å². The molecular weight excluding hydrogens is 196 g/mol. The molecule has 0 aliphatic heterocycles. The topological polar surface area (TPSA) is 28.7 Å². The molecule has 0 saturated carbocycles. The summed E-state index contributed by atoms with van der Waals surface area (Å²) in [5.74, 6) is 0. The van der Waals surface area contributed by atoms with Crippen LogP contribution in [-0.2, 0) is 0 Å². The second kappa shape index (κ2) is 3.49. The third kappa shape index (κ3) is 1.48. The summed E-state index contributed by atoms with van der Waals surface area (Å²) in [5, 5.41) is 8.14. The lowest BCUT2D eigenvalue weighted by Crippen LogP contribution is -1.79. The predicted octanol–water partition coefficient (Wildman–Crippen LogP) is 3.54. The maximum Gasteiger partial charge on any atom is 0.0650 e. The first-order valence-corrected chi connectivity index (χ1v) is 5.33. The maximum atomic E-state index is 4.03. The number of H-pyrrole nitrogens is 1. The number of aryl methyl sites for hydroxylation is 1. The van der Waals surface area contributed by atoms with Gasteiger partial charge in [0.1, 0.15) is 0 Å². The van der Waals surface area contributed by atoms with Crippen LogP contribution in [0.4, 0.5) is 0 Å². The molecule has 0 aliphatic rings. The van der Waals surface area contributed by atoms with Crippen molar-refractivity contribution in [1.82, 2.24) is 10.2 Å². The Balaban J connectivity index is 2.18. The van der Waals surface area contributed by atoms with Gasteiger partial charge in [-0.15, -0.1) is 0 Å². The number of benzene rings is 2. The van der Waals surface area contributed by atoms with E-state index < -0.39 is 0 Å². The van der Waals surface area contributed by atoms with Gasteiger partial charge in [-0.25, -0.2) is 0 Å². The molecule has 0 amide bonds. The van der Waals surface area contributed by atoms with E-state index in [2.05, 4.69) is 59.6 Å². The molecule has 2 nitrogen and oxygen atoms in total. The second-order valence-electron chi connectivity index (χ2n) is 4.04. The number of hydrogen-bond donors (Lipinski definition) is 1. The third-order valence-corrected chi connectivity index (χ3v) is 2.79. The Hall–Kier alpha value is -2.09. The molecule has 0 radical (unpaired) electrons. The van der Waals surface area contributed by atoms with Crippen LogP contribution in [0.2, 0.25) is 0 Å². The minimum Gasteiger partial charge on any atom is -0.278 e. The van der Waals surface area contributed by atoms with Gasteiger partial charge >= 0.3 is 0 Å². The summed E-state index contributed by atoms with van der Waals surface area (Å²) in [5.41, 5.74) is 4.85. The molecule has 2 aromatic carbocycles. The standard InChI is InChI=1S/C14H12N2/c1-10-3-2-4-11(7-10)12-5-6-14-13(8-12)9-15-16-14/h2-9H,1H3,(H,15,16). The summed E-state index contributed by atoms with van der Waals surface area (Å²) in [6.07, 6.45) is 1.86. The Bertz CT molecular complexity index is 638. The van der Waals surface area contributed by atoms with Gasteiger partial charge in [0.2, 0.25) is 0 Å². The van der Waals surface area contributed by atoms with Crippen molar-refractivity contribution in [2.75, 3.05) is 0 Å². The molecule has 0 spiro atoms. The number of nitrogens with zero attached hydrogens (tertiary/aromatic N) is 1. The summed E-state index contributed by atoms with van der Waals surface area (Å²) < 4.78 is 0. The summed E-state index contributed by atoms with van der Waals surface area (Å²) in [6.45, 7) is 2.11. The number of nitrogens with one attached hydrogen (secondary N) is 1. The average Bonchev–Trinajstić information content (AvgIpc) is 2.75. The van der Waals surface area contributed by atoms with Crippen molar-refractivity contribution < 1.29 is 0 Å². The Kier molecular flexibility index (Phi) is 2.00. The fourth-order valence-electron chi connectivity index (χ4n) is 1.95. The summed E-state index contributed by atoms with van der Waals surface area (Å²) >= 11 is 0. The Morgan fingerprint density at radius 2 is 1.88 bits per heavy atom. The van der Waals surface area contributed by atoms with Gasteiger partial charge in [0.05, 0.1) is 11.7 Å². The van der Waals surface area contributed by atoms with E-state index in [1.54, 1.807) is 0 Å². The van der Waals surface area contributed by atoms with E-state index in [1.807, 2.05) is 6.20 Å². The summed E-state index contributed by atoms with van der Waals surface area (Å²) in [4.78, 5) is 0. The highest BCUT2D eigenvalue weighted by Gasteiger charge is 2.00. The Morgan fingerprint density at radius 1 is 1.00 bits per heavy atom. The maximum absolute atomic E-state index is 4.03. The molecule has 1 aromatic heterocycles. The van der Waals surface area contributed by atoms with Crippen LogP contribution < -0.4 is 0 Å². The molecule has 2 heteroatoms. The van der Waals surface area contributed by atoms with E-state index in [4.69, 9.17) is 0 Å². The van der Waals surface area contributed by atoms with Gasteiger partial charge in [-0.3, -0.25) is 5.10 Å². The highest BCUT2D eigenvalue weighted by atomic mass is 15.1. The molecule has 78 valence electrons. The predicted molar refractivity (Wildman–Crippen MR) is 66.3 cm³/mol. The quantitative estimate of drug-likeness (QED) is 0.651. The molecular formula is C14H12N2. The number of fused-ring (bicyclic) bond motifs is 1. The van der Waals surface area contributed by atoms with Gasteiger partial charge in [0, 0.05) is 5.39 Å². The lowest BCUT2D eigenvalue weighted by Gasteiger charge is -2.02. The first-order chi connectivity index (χ1) is 7.83. The van der Waals surface area contributed by atoms with Crippen LogP contribution in [0.1, 0.15) is 5.56 Å². The van der Waals surface area contributed by atoms with Crippen molar-refractivity contribution in [3.63, 3.8) is 0 Å². The highest BCUT2D eigenvalue weighted by Crippen LogP contribution is 2.23. The largest absolute Gasteiger partial charge is 0.278 e. The van der Waals surface area contributed by atoms with Crippen LogP contribution in [0.25, 0.3) is 22.0 Å². The SMILES string of the molecule is Cc1cccc(-c2ccc3[nH]ncc3c2)c1. The molecule has 0 saturated heterocycles. The van der Waals surface area contributed by atoms with Crippen LogP contribution >= 0.6 is 0 Å². The van der Waals surface area contributed by atoms with E-state index in [0.29, 0.717) is 0 Å². The molecule has 16 heavy (non-hydrogen) atoms. The van der Waals surface area contributed by atoms with Crippen LogP contribution in [0, 0.1) is 6.92 Å². The average molecular weight is 208 g/mol. The monoisotopic (exact) mass is 208 g/mol. The van der Waals surface area contributed by atoms with Gasteiger partial charge in [0.25, 0.3) is 0 Å². The van der Waals surface area contributed by atoms with Gasteiger partial charge in [-0.1, -0.05) is 35.9 Å². The van der Waals surface area contributed by atoms with E-state index in [9.17, 15) is 0 Å². The van der Waals surface area contributed by atoms with E-state index in [1.165, 1.54) is 16.7 Å². The number of aromatic amines is 1. The van der Waals surface area contributed by atoms with Gasteiger partial charge in [0.15, 0.2) is 0 Å². The van der Waals surface area contributed by atoms with E-state index in [0.717, 1.165) is 10.9 Å². The van der Waals surface area contributed by atoms with Crippen molar-refractivity contribution in [3.05, 3.63) is 54.2 Å². The van der Waals surface area contributed by atoms with Gasteiger partial charge in [-0.05, 0) is 30.2 Å². The first kappa shape index (κ1) is 9.16. The zero-order chi connectivity index (χ0) is 11.0. The minimum absolute atomic E-state index is 1.08. The lowest BCUT2D eigenvalue weighted by molar-refractivity contribution is 1.12. The second-order valence-corrected chi connectivity index (χ2v) is 4.04. The molecule has 0 bridgehead atoms. The van der Waals surface area contributed by atoms with Crippen LogP contribution in [0.15, 0.2) is 48.7 Å². The lowest BCUT2D eigenvalue weighted by atomic mass is 10.0. The fraction of sp³-hybridized carbons (Fsp3) is 0.0714. The molecule has 0 fully saturated rings. The molecule has 0 unspecified atom stereocenters. The summed E-state index contributed by atoms with van der Waals surface area (Å²) in [6, 6.07) is 14.9. The molecule has 3 aromatic rings.